The highest BCUT2D eigenvalue weighted by atomic mass is 32.1. The SMILES string of the molecule is CCc1ccc(CC2(N)CCC(C)c3ccccc32)s1. The molecule has 0 bridgehead atoms. The Labute approximate surface area is 125 Å². The van der Waals surface area contributed by atoms with Gasteiger partial charge >= 0.3 is 0 Å². The number of fused-ring (bicyclic) bond motifs is 1. The van der Waals surface area contributed by atoms with Gasteiger partial charge in [0.15, 0.2) is 0 Å². The second-order valence-corrected chi connectivity index (χ2v) is 7.33. The highest BCUT2D eigenvalue weighted by molar-refractivity contribution is 7.12. The number of thiophene rings is 1. The first-order valence-electron chi connectivity index (χ1n) is 7.58. The van der Waals surface area contributed by atoms with Crippen molar-refractivity contribution in [2.45, 2.75) is 51.0 Å². The molecule has 0 fully saturated rings. The van der Waals surface area contributed by atoms with E-state index in [1.807, 2.05) is 11.3 Å². The van der Waals surface area contributed by atoms with Crippen molar-refractivity contribution in [3.63, 3.8) is 0 Å². The van der Waals surface area contributed by atoms with Gasteiger partial charge in [0.2, 0.25) is 0 Å². The topological polar surface area (TPSA) is 26.0 Å². The molecule has 20 heavy (non-hydrogen) atoms. The van der Waals surface area contributed by atoms with Gasteiger partial charge in [-0.3, -0.25) is 0 Å². The maximum absolute atomic E-state index is 6.82. The van der Waals surface area contributed by atoms with Gasteiger partial charge in [0.05, 0.1) is 0 Å². The van der Waals surface area contributed by atoms with Gasteiger partial charge < -0.3 is 5.73 Å². The highest BCUT2D eigenvalue weighted by Gasteiger charge is 2.35. The summed E-state index contributed by atoms with van der Waals surface area (Å²) in [7, 11) is 0. The van der Waals surface area contributed by atoms with Gasteiger partial charge in [-0.15, -0.1) is 11.3 Å². The summed E-state index contributed by atoms with van der Waals surface area (Å²) in [5.41, 5.74) is 9.46. The van der Waals surface area contributed by atoms with Crippen molar-refractivity contribution in [1.29, 1.82) is 0 Å². The molecule has 1 aromatic carbocycles. The summed E-state index contributed by atoms with van der Waals surface area (Å²) >= 11 is 1.92. The Morgan fingerprint density at radius 2 is 1.95 bits per heavy atom. The number of rotatable bonds is 3. The lowest BCUT2D eigenvalue weighted by molar-refractivity contribution is 0.351. The van der Waals surface area contributed by atoms with Crippen LogP contribution in [0.5, 0.6) is 0 Å². The van der Waals surface area contributed by atoms with Gasteiger partial charge in [0.25, 0.3) is 0 Å². The molecule has 0 amide bonds. The molecule has 1 heterocycles. The highest BCUT2D eigenvalue weighted by Crippen LogP contribution is 2.42. The molecule has 1 aliphatic rings. The fourth-order valence-corrected chi connectivity index (χ4v) is 4.43. The summed E-state index contributed by atoms with van der Waals surface area (Å²) in [6, 6.07) is 13.3. The van der Waals surface area contributed by atoms with Crippen LogP contribution in [0.3, 0.4) is 0 Å². The van der Waals surface area contributed by atoms with Crippen molar-refractivity contribution >= 4 is 11.3 Å². The van der Waals surface area contributed by atoms with Gasteiger partial charge in [-0.2, -0.15) is 0 Å². The van der Waals surface area contributed by atoms with E-state index in [1.54, 1.807) is 0 Å². The molecule has 106 valence electrons. The van der Waals surface area contributed by atoms with Crippen LogP contribution in [0.4, 0.5) is 0 Å². The van der Waals surface area contributed by atoms with Gasteiger partial charge in [-0.05, 0) is 48.4 Å². The smallest absolute Gasteiger partial charge is 0.0461 e. The molecular formula is C18H23NS. The Balaban J connectivity index is 1.94. The summed E-state index contributed by atoms with van der Waals surface area (Å²) in [6.07, 6.45) is 4.38. The van der Waals surface area contributed by atoms with E-state index in [0.29, 0.717) is 5.92 Å². The fourth-order valence-electron chi connectivity index (χ4n) is 3.35. The van der Waals surface area contributed by atoms with E-state index >= 15 is 0 Å². The van der Waals surface area contributed by atoms with Gasteiger partial charge in [0, 0.05) is 21.7 Å². The minimum atomic E-state index is -0.182. The number of benzene rings is 1. The van der Waals surface area contributed by atoms with Crippen LogP contribution >= 0.6 is 11.3 Å². The predicted molar refractivity (Wildman–Crippen MR) is 87.4 cm³/mol. The maximum atomic E-state index is 6.82. The fraction of sp³-hybridized carbons (Fsp3) is 0.444. The zero-order valence-corrected chi connectivity index (χ0v) is 13.2. The van der Waals surface area contributed by atoms with Crippen molar-refractivity contribution in [1.82, 2.24) is 0 Å². The molecule has 0 radical (unpaired) electrons. The third-order valence-electron chi connectivity index (χ3n) is 4.61. The van der Waals surface area contributed by atoms with E-state index in [0.717, 1.165) is 19.3 Å². The molecule has 2 atom stereocenters. The van der Waals surface area contributed by atoms with Crippen LogP contribution in [0, 0.1) is 0 Å². The van der Waals surface area contributed by atoms with E-state index in [1.165, 1.54) is 27.3 Å². The molecule has 2 N–H and O–H groups in total. The van der Waals surface area contributed by atoms with E-state index in [9.17, 15) is 0 Å². The first kappa shape index (κ1) is 13.8. The maximum Gasteiger partial charge on any atom is 0.0461 e. The van der Waals surface area contributed by atoms with Crippen LogP contribution in [0.2, 0.25) is 0 Å². The molecule has 2 heteroatoms. The number of hydrogen-bond donors (Lipinski definition) is 1. The van der Waals surface area contributed by atoms with Crippen molar-refractivity contribution in [3.05, 3.63) is 57.3 Å². The van der Waals surface area contributed by atoms with Crippen LogP contribution in [0.1, 0.15) is 53.5 Å². The Bertz CT molecular complexity index is 601. The Hall–Kier alpha value is -1.12. The normalized spacial score (nSPS) is 25.4. The Morgan fingerprint density at radius 1 is 1.20 bits per heavy atom. The molecular weight excluding hydrogens is 262 g/mol. The largest absolute Gasteiger partial charge is 0.321 e. The number of nitrogens with two attached hydrogens (primary N) is 1. The molecule has 0 saturated carbocycles. The van der Waals surface area contributed by atoms with Crippen molar-refractivity contribution < 1.29 is 0 Å². The van der Waals surface area contributed by atoms with Crippen molar-refractivity contribution in [2.75, 3.05) is 0 Å². The summed E-state index contributed by atoms with van der Waals surface area (Å²) in [4.78, 5) is 2.88. The summed E-state index contributed by atoms with van der Waals surface area (Å²) in [6.45, 7) is 4.53. The Kier molecular flexibility index (Phi) is 3.70. The average Bonchev–Trinajstić information content (AvgIpc) is 2.91. The molecule has 1 aliphatic carbocycles. The van der Waals surface area contributed by atoms with E-state index < -0.39 is 0 Å². The first-order chi connectivity index (χ1) is 9.62. The minimum absolute atomic E-state index is 0.182. The molecule has 0 aliphatic heterocycles. The standard InChI is InChI=1S/C18H23NS/c1-3-14-8-9-15(20-14)12-18(19)11-10-13(2)16-6-4-5-7-17(16)18/h4-9,13H,3,10-12,19H2,1-2H3. The zero-order chi connectivity index (χ0) is 14.2. The lowest BCUT2D eigenvalue weighted by Crippen LogP contribution is -2.42. The first-order valence-corrected chi connectivity index (χ1v) is 8.40. The molecule has 3 rings (SSSR count). The minimum Gasteiger partial charge on any atom is -0.321 e. The second kappa shape index (κ2) is 5.34. The van der Waals surface area contributed by atoms with Gasteiger partial charge in [0.1, 0.15) is 0 Å². The molecule has 2 aromatic rings. The van der Waals surface area contributed by atoms with Gasteiger partial charge in [-0.1, -0.05) is 38.1 Å². The summed E-state index contributed by atoms with van der Waals surface area (Å²) in [5.74, 6) is 0.636. The zero-order valence-electron chi connectivity index (χ0n) is 12.4. The Morgan fingerprint density at radius 3 is 2.70 bits per heavy atom. The lowest BCUT2D eigenvalue weighted by atomic mass is 9.71. The molecule has 2 unspecified atom stereocenters. The van der Waals surface area contributed by atoms with Crippen LogP contribution < -0.4 is 5.73 Å². The summed E-state index contributed by atoms with van der Waals surface area (Å²) < 4.78 is 0. The quantitative estimate of drug-likeness (QED) is 0.876. The van der Waals surface area contributed by atoms with Crippen LogP contribution in [0.25, 0.3) is 0 Å². The van der Waals surface area contributed by atoms with E-state index in [4.69, 9.17) is 5.73 Å². The van der Waals surface area contributed by atoms with Crippen molar-refractivity contribution in [2.24, 2.45) is 5.73 Å². The molecule has 0 saturated heterocycles. The third kappa shape index (κ3) is 2.43. The third-order valence-corrected chi connectivity index (χ3v) is 5.84. The molecule has 0 spiro atoms. The summed E-state index contributed by atoms with van der Waals surface area (Å²) in [5, 5.41) is 0. The molecule has 1 aromatic heterocycles. The lowest BCUT2D eigenvalue weighted by Gasteiger charge is -2.38. The van der Waals surface area contributed by atoms with E-state index in [2.05, 4.69) is 50.2 Å². The second-order valence-electron chi connectivity index (χ2n) is 6.08. The average molecular weight is 285 g/mol. The van der Waals surface area contributed by atoms with Crippen molar-refractivity contribution in [3.8, 4) is 0 Å². The number of hydrogen-bond acceptors (Lipinski definition) is 2. The van der Waals surface area contributed by atoms with Crippen LogP contribution in [-0.2, 0) is 18.4 Å². The monoisotopic (exact) mass is 285 g/mol. The predicted octanol–water partition coefficient (Wildman–Crippen LogP) is 4.60. The number of aryl methyl sites for hydroxylation is 1. The van der Waals surface area contributed by atoms with E-state index in [-0.39, 0.29) is 5.54 Å². The van der Waals surface area contributed by atoms with Gasteiger partial charge in [-0.25, -0.2) is 0 Å². The molecule has 1 nitrogen and oxygen atoms in total. The van der Waals surface area contributed by atoms with Crippen LogP contribution in [0.15, 0.2) is 36.4 Å². The van der Waals surface area contributed by atoms with Crippen LogP contribution in [-0.4, -0.2) is 0 Å².